The fourth-order valence-corrected chi connectivity index (χ4v) is 1.88. The van der Waals surface area contributed by atoms with E-state index in [-0.39, 0.29) is 18.9 Å². The zero-order chi connectivity index (χ0) is 15.1. The number of hydrogen-bond donors (Lipinski definition) is 2. The monoisotopic (exact) mass is 305 g/mol. The summed E-state index contributed by atoms with van der Waals surface area (Å²) >= 11 is 5.75. The molecule has 0 saturated heterocycles. The molecule has 0 spiro atoms. The molecule has 0 unspecified atom stereocenters. The van der Waals surface area contributed by atoms with E-state index in [1.54, 1.807) is 25.2 Å². The highest BCUT2D eigenvalue weighted by molar-refractivity contribution is 6.31. The van der Waals surface area contributed by atoms with Crippen molar-refractivity contribution in [2.45, 2.75) is 19.3 Å². The van der Waals surface area contributed by atoms with Crippen LogP contribution in [0.25, 0.3) is 0 Å². The first-order valence-corrected chi connectivity index (χ1v) is 6.58. The maximum Gasteiger partial charge on any atom is 0.251 e. The minimum atomic E-state index is -2.36. The number of hydrogen-bond acceptors (Lipinski definition) is 3. The van der Waals surface area contributed by atoms with Crippen molar-refractivity contribution in [1.29, 1.82) is 0 Å². The summed E-state index contributed by atoms with van der Waals surface area (Å²) in [6.45, 7) is 0.152. The number of carbonyl (C=O) groups is 1. The highest BCUT2D eigenvalue weighted by Crippen LogP contribution is 2.22. The van der Waals surface area contributed by atoms with Crippen molar-refractivity contribution in [2.24, 2.45) is 0 Å². The second-order valence-electron chi connectivity index (χ2n) is 4.54. The summed E-state index contributed by atoms with van der Waals surface area (Å²) in [4.78, 5) is 13.2. The van der Waals surface area contributed by atoms with Crippen molar-refractivity contribution >= 4 is 28.9 Å². The van der Waals surface area contributed by atoms with E-state index < -0.39 is 6.43 Å². The van der Waals surface area contributed by atoms with Gasteiger partial charge in [-0.05, 0) is 38.2 Å². The molecular formula is C13H18ClF2N3O. The fraction of sp³-hybridized carbons (Fsp3) is 0.462. The van der Waals surface area contributed by atoms with Crippen LogP contribution >= 0.6 is 11.6 Å². The standard InChI is InChI=1S/C13H18ClF2N3O/c1-19(8-12(15)16)6-2-3-13(20)18-11-5-4-9(14)7-10(11)17/h4-5,7,12H,2-3,6,8,17H2,1H3,(H,18,20). The van der Waals surface area contributed by atoms with Crippen molar-refractivity contribution in [3.05, 3.63) is 23.2 Å². The molecule has 0 aliphatic rings. The van der Waals surface area contributed by atoms with Crippen LogP contribution in [0.3, 0.4) is 0 Å². The van der Waals surface area contributed by atoms with Gasteiger partial charge in [0.15, 0.2) is 0 Å². The highest BCUT2D eigenvalue weighted by Gasteiger charge is 2.09. The number of nitrogen functional groups attached to an aromatic ring is 1. The number of nitrogens with one attached hydrogen (secondary N) is 1. The number of rotatable bonds is 7. The van der Waals surface area contributed by atoms with Gasteiger partial charge in [-0.1, -0.05) is 11.6 Å². The molecule has 0 fully saturated rings. The summed E-state index contributed by atoms with van der Waals surface area (Å²) in [6.07, 6.45) is -1.61. The molecule has 0 aliphatic heterocycles. The zero-order valence-electron chi connectivity index (χ0n) is 11.2. The summed E-state index contributed by atoms with van der Waals surface area (Å²) in [6, 6.07) is 4.80. The van der Waals surface area contributed by atoms with Gasteiger partial charge in [-0.2, -0.15) is 0 Å². The minimum Gasteiger partial charge on any atom is -0.397 e. The van der Waals surface area contributed by atoms with Crippen LogP contribution in [0.1, 0.15) is 12.8 Å². The van der Waals surface area contributed by atoms with E-state index in [1.807, 2.05) is 0 Å². The molecule has 1 amide bonds. The average molecular weight is 306 g/mol. The first-order chi connectivity index (χ1) is 9.38. The summed E-state index contributed by atoms with van der Waals surface area (Å²) < 4.78 is 24.2. The SMILES string of the molecule is CN(CCCC(=O)Nc1ccc(Cl)cc1N)CC(F)F. The molecule has 0 aromatic heterocycles. The lowest BCUT2D eigenvalue weighted by atomic mass is 10.2. The first kappa shape index (κ1) is 16.7. The third-order valence-corrected chi connectivity index (χ3v) is 2.92. The Kier molecular flexibility index (Phi) is 6.67. The van der Waals surface area contributed by atoms with E-state index >= 15 is 0 Å². The smallest absolute Gasteiger partial charge is 0.251 e. The zero-order valence-corrected chi connectivity index (χ0v) is 12.0. The fourth-order valence-electron chi connectivity index (χ4n) is 1.70. The van der Waals surface area contributed by atoms with Gasteiger partial charge in [0.2, 0.25) is 5.91 Å². The molecule has 7 heteroatoms. The Balaban J connectivity index is 2.33. The lowest BCUT2D eigenvalue weighted by Gasteiger charge is -2.15. The summed E-state index contributed by atoms with van der Waals surface area (Å²) in [5, 5.41) is 3.16. The topological polar surface area (TPSA) is 58.4 Å². The number of nitrogens with zero attached hydrogens (tertiary/aromatic N) is 1. The summed E-state index contributed by atoms with van der Waals surface area (Å²) in [7, 11) is 1.60. The van der Waals surface area contributed by atoms with Crippen molar-refractivity contribution in [1.82, 2.24) is 4.90 Å². The largest absolute Gasteiger partial charge is 0.397 e. The molecule has 20 heavy (non-hydrogen) atoms. The van der Waals surface area contributed by atoms with Gasteiger partial charge in [-0.3, -0.25) is 4.79 Å². The van der Waals surface area contributed by atoms with E-state index in [0.29, 0.717) is 29.4 Å². The Morgan fingerprint density at radius 3 is 2.80 bits per heavy atom. The van der Waals surface area contributed by atoms with Crippen molar-refractivity contribution in [3.8, 4) is 0 Å². The molecule has 1 rings (SSSR count). The van der Waals surface area contributed by atoms with Gasteiger partial charge in [-0.15, -0.1) is 0 Å². The summed E-state index contributed by atoms with van der Waals surface area (Å²) in [5.41, 5.74) is 6.60. The normalized spacial score (nSPS) is 11.1. The quantitative estimate of drug-likeness (QED) is 0.762. The third kappa shape index (κ3) is 6.16. The number of alkyl halides is 2. The van der Waals surface area contributed by atoms with E-state index in [0.717, 1.165) is 0 Å². The molecule has 0 saturated carbocycles. The lowest BCUT2D eigenvalue weighted by molar-refractivity contribution is -0.116. The number of nitrogens with two attached hydrogens (primary N) is 1. The molecule has 1 aromatic rings. The van der Waals surface area contributed by atoms with Crippen molar-refractivity contribution in [3.63, 3.8) is 0 Å². The van der Waals surface area contributed by atoms with E-state index in [4.69, 9.17) is 17.3 Å². The molecule has 0 atom stereocenters. The van der Waals surface area contributed by atoms with E-state index in [2.05, 4.69) is 5.32 Å². The number of anilines is 2. The predicted molar refractivity (Wildman–Crippen MR) is 77.2 cm³/mol. The first-order valence-electron chi connectivity index (χ1n) is 6.20. The summed E-state index contributed by atoms with van der Waals surface area (Å²) in [5.74, 6) is -0.204. The number of halogens is 3. The Labute approximate surface area is 121 Å². The number of benzene rings is 1. The maximum atomic E-state index is 12.1. The van der Waals surface area contributed by atoms with Crippen LogP contribution < -0.4 is 11.1 Å². The van der Waals surface area contributed by atoms with Crippen LogP contribution in [-0.2, 0) is 4.79 Å². The van der Waals surface area contributed by atoms with Gasteiger partial charge in [0.1, 0.15) is 0 Å². The molecule has 3 N–H and O–H groups in total. The molecular weight excluding hydrogens is 288 g/mol. The minimum absolute atomic E-state index is 0.204. The van der Waals surface area contributed by atoms with Gasteiger partial charge in [0.25, 0.3) is 6.43 Å². The molecule has 0 heterocycles. The van der Waals surface area contributed by atoms with Crippen LogP contribution in [0.2, 0.25) is 5.02 Å². The van der Waals surface area contributed by atoms with Gasteiger partial charge < -0.3 is 16.0 Å². The van der Waals surface area contributed by atoms with Crippen molar-refractivity contribution in [2.75, 3.05) is 31.2 Å². The lowest BCUT2D eigenvalue weighted by Crippen LogP contribution is -2.26. The third-order valence-electron chi connectivity index (χ3n) is 2.68. The molecule has 112 valence electrons. The second-order valence-corrected chi connectivity index (χ2v) is 4.97. The molecule has 0 radical (unpaired) electrons. The van der Waals surface area contributed by atoms with Crippen LogP contribution in [-0.4, -0.2) is 37.4 Å². The van der Waals surface area contributed by atoms with E-state index in [1.165, 1.54) is 4.90 Å². The Hall–Kier alpha value is -1.40. The molecule has 4 nitrogen and oxygen atoms in total. The number of amides is 1. The second kappa shape index (κ2) is 8.01. The van der Waals surface area contributed by atoms with Crippen LogP contribution in [0.5, 0.6) is 0 Å². The van der Waals surface area contributed by atoms with Gasteiger partial charge in [0.05, 0.1) is 17.9 Å². The Morgan fingerprint density at radius 1 is 1.50 bits per heavy atom. The van der Waals surface area contributed by atoms with Gasteiger partial charge >= 0.3 is 0 Å². The molecule has 0 bridgehead atoms. The van der Waals surface area contributed by atoms with Gasteiger partial charge in [-0.25, -0.2) is 8.78 Å². The highest BCUT2D eigenvalue weighted by atomic mass is 35.5. The molecule has 0 aliphatic carbocycles. The molecule has 1 aromatic carbocycles. The van der Waals surface area contributed by atoms with Crippen molar-refractivity contribution < 1.29 is 13.6 Å². The predicted octanol–water partition coefficient (Wildman–Crippen LogP) is 2.84. The number of carbonyl (C=O) groups excluding carboxylic acids is 1. The maximum absolute atomic E-state index is 12.1. The average Bonchev–Trinajstić information content (AvgIpc) is 2.31. The van der Waals surface area contributed by atoms with E-state index in [9.17, 15) is 13.6 Å². The Morgan fingerprint density at radius 2 is 2.20 bits per heavy atom. The van der Waals surface area contributed by atoms with Crippen LogP contribution in [0.4, 0.5) is 20.2 Å². The Bertz CT molecular complexity index is 457. The van der Waals surface area contributed by atoms with Gasteiger partial charge in [0, 0.05) is 11.4 Å². The van der Waals surface area contributed by atoms with Crippen LogP contribution in [0, 0.1) is 0 Å². The van der Waals surface area contributed by atoms with Crippen LogP contribution in [0.15, 0.2) is 18.2 Å².